The molecule has 126 valence electrons. The summed E-state index contributed by atoms with van der Waals surface area (Å²) < 4.78 is 0. The molecule has 0 N–H and O–H groups in total. The highest BCUT2D eigenvalue weighted by Crippen LogP contribution is 2.26. The van der Waals surface area contributed by atoms with Crippen molar-refractivity contribution in [2.45, 2.75) is 53.2 Å². The van der Waals surface area contributed by atoms with Crippen LogP contribution in [0.2, 0.25) is 0 Å². The van der Waals surface area contributed by atoms with Gasteiger partial charge in [0, 0.05) is 31.8 Å². The summed E-state index contributed by atoms with van der Waals surface area (Å²) in [6.45, 7) is 15.0. The van der Waals surface area contributed by atoms with Crippen LogP contribution in [-0.2, 0) is 4.79 Å². The lowest BCUT2D eigenvalue weighted by molar-refractivity contribution is -0.131. The lowest BCUT2D eigenvalue weighted by Gasteiger charge is -2.29. The Balaban J connectivity index is 4.54. The van der Waals surface area contributed by atoms with E-state index in [2.05, 4.69) is 60.5 Å². The first-order valence-corrected chi connectivity index (χ1v) is 8.85. The number of nitrogens with zero attached hydrogens (tertiary/aromatic N) is 2. The summed E-state index contributed by atoms with van der Waals surface area (Å²) in [5.41, 5.74) is 0.454. The highest BCUT2D eigenvalue weighted by atomic mass is 32.2. The maximum Gasteiger partial charge on any atom is 0.223 e. The Bertz CT molecular complexity index is 316. The fourth-order valence-corrected chi connectivity index (χ4v) is 3.50. The summed E-state index contributed by atoms with van der Waals surface area (Å²) in [6.07, 6.45) is 0.630. The second kappa shape index (κ2) is 8.42. The first-order chi connectivity index (χ1) is 9.30. The Kier molecular flexibility index (Phi) is 8.33. The summed E-state index contributed by atoms with van der Waals surface area (Å²) in [6, 6.07) is 0. The van der Waals surface area contributed by atoms with E-state index in [1.165, 1.54) is 0 Å². The van der Waals surface area contributed by atoms with Crippen LogP contribution < -0.4 is 0 Å². The van der Waals surface area contributed by atoms with Gasteiger partial charge in [-0.3, -0.25) is 4.79 Å². The van der Waals surface area contributed by atoms with Gasteiger partial charge in [-0.25, -0.2) is 0 Å². The second-order valence-corrected chi connectivity index (χ2v) is 10.1. The summed E-state index contributed by atoms with van der Waals surface area (Å²) in [7, 11) is 6.08. The third kappa shape index (κ3) is 12.0. The van der Waals surface area contributed by atoms with Crippen LogP contribution in [0.5, 0.6) is 0 Å². The van der Waals surface area contributed by atoms with Crippen LogP contribution in [0.4, 0.5) is 0 Å². The molecule has 21 heavy (non-hydrogen) atoms. The van der Waals surface area contributed by atoms with Gasteiger partial charge in [-0.05, 0) is 30.7 Å². The summed E-state index contributed by atoms with van der Waals surface area (Å²) in [5.74, 6) is 1.35. The normalized spacial score (nSPS) is 14.4. The summed E-state index contributed by atoms with van der Waals surface area (Å²) in [5, 5.41) is 0.370. The molecule has 0 aliphatic heterocycles. The zero-order chi connectivity index (χ0) is 16.8. The molecule has 0 saturated heterocycles. The molecule has 0 fully saturated rings. The molecule has 0 radical (unpaired) electrons. The zero-order valence-electron chi connectivity index (χ0n) is 15.6. The van der Waals surface area contributed by atoms with Gasteiger partial charge in [-0.1, -0.05) is 41.5 Å². The molecule has 4 heteroatoms. The molecule has 0 aliphatic rings. The average molecular weight is 317 g/mol. The van der Waals surface area contributed by atoms with Gasteiger partial charge in [0.05, 0.1) is 0 Å². The molecule has 0 aliphatic carbocycles. The largest absolute Gasteiger partial charge is 0.345 e. The minimum atomic E-state index is 0.153. The monoisotopic (exact) mass is 316 g/mol. The van der Waals surface area contributed by atoms with Crippen LogP contribution in [0.3, 0.4) is 0 Å². The fraction of sp³-hybridized carbons (Fsp3) is 0.941. The van der Waals surface area contributed by atoms with E-state index in [1.54, 1.807) is 0 Å². The molecule has 0 heterocycles. The van der Waals surface area contributed by atoms with E-state index in [0.717, 1.165) is 18.8 Å². The molecule has 1 amide bonds. The third-order valence-electron chi connectivity index (χ3n) is 2.86. The van der Waals surface area contributed by atoms with Gasteiger partial charge in [0.15, 0.2) is 0 Å². The van der Waals surface area contributed by atoms with E-state index in [9.17, 15) is 4.79 Å². The molecular weight excluding hydrogens is 280 g/mol. The predicted octanol–water partition coefficient (Wildman–Crippen LogP) is 3.59. The van der Waals surface area contributed by atoms with Gasteiger partial charge < -0.3 is 9.80 Å². The maximum absolute atomic E-state index is 12.4. The molecule has 0 aromatic carbocycles. The minimum Gasteiger partial charge on any atom is -0.345 e. The smallest absolute Gasteiger partial charge is 0.223 e. The van der Waals surface area contributed by atoms with Gasteiger partial charge in [-0.2, -0.15) is 11.8 Å². The van der Waals surface area contributed by atoms with E-state index in [1.807, 2.05) is 23.7 Å². The predicted molar refractivity (Wildman–Crippen MR) is 96.0 cm³/mol. The van der Waals surface area contributed by atoms with Gasteiger partial charge >= 0.3 is 0 Å². The van der Waals surface area contributed by atoms with Crippen LogP contribution in [0.25, 0.3) is 0 Å². The molecule has 1 unspecified atom stereocenters. The Morgan fingerprint density at radius 3 is 1.90 bits per heavy atom. The molecule has 1 atom stereocenters. The van der Waals surface area contributed by atoms with E-state index in [0.29, 0.717) is 17.1 Å². The SMILES string of the molecule is CN(C)CC(CC(=O)N(C)CC(C)(C)C)SCC(C)(C)C. The lowest BCUT2D eigenvalue weighted by atomic mass is 9.96. The van der Waals surface area contributed by atoms with Crippen molar-refractivity contribution in [3.05, 3.63) is 0 Å². The molecule has 0 aromatic heterocycles. The average Bonchev–Trinajstić information content (AvgIpc) is 2.21. The van der Waals surface area contributed by atoms with Crippen molar-refractivity contribution in [1.29, 1.82) is 0 Å². The number of hydrogen-bond donors (Lipinski definition) is 0. The van der Waals surface area contributed by atoms with Gasteiger partial charge in [0.1, 0.15) is 0 Å². The van der Waals surface area contributed by atoms with Crippen molar-refractivity contribution in [1.82, 2.24) is 9.80 Å². The summed E-state index contributed by atoms with van der Waals surface area (Å²) >= 11 is 1.93. The molecule has 0 aromatic rings. The van der Waals surface area contributed by atoms with E-state index >= 15 is 0 Å². The Morgan fingerprint density at radius 1 is 1.00 bits per heavy atom. The quantitative estimate of drug-likeness (QED) is 0.717. The van der Waals surface area contributed by atoms with E-state index in [-0.39, 0.29) is 11.3 Å². The van der Waals surface area contributed by atoms with Crippen molar-refractivity contribution in [3.8, 4) is 0 Å². The van der Waals surface area contributed by atoms with Crippen LogP contribution in [-0.4, -0.2) is 60.9 Å². The maximum atomic E-state index is 12.4. The van der Waals surface area contributed by atoms with Crippen molar-refractivity contribution in [3.63, 3.8) is 0 Å². The lowest BCUT2D eigenvalue weighted by Crippen LogP contribution is -2.37. The first kappa shape index (κ1) is 20.8. The van der Waals surface area contributed by atoms with Gasteiger partial charge in [-0.15, -0.1) is 0 Å². The first-order valence-electron chi connectivity index (χ1n) is 7.80. The molecule has 0 rings (SSSR count). The Hall–Kier alpha value is -0.220. The van der Waals surface area contributed by atoms with Crippen molar-refractivity contribution >= 4 is 17.7 Å². The highest BCUT2D eigenvalue weighted by Gasteiger charge is 2.23. The topological polar surface area (TPSA) is 23.6 Å². The van der Waals surface area contributed by atoms with Gasteiger partial charge in [0.2, 0.25) is 5.91 Å². The minimum absolute atomic E-state index is 0.153. The number of thioether (sulfide) groups is 1. The molecular formula is C17H36N2OS. The molecule has 0 saturated carbocycles. The highest BCUT2D eigenvalue weighted by molar-refractivity contribution is 8.00. The number of carbonyl (C=O) groups excluding carboxylic acids is 1. The van der Waals surface area contributed by atoms with Crippen LogP contribution in [0, 0.1) is 10.8 Å². The zero-order valence-corrected chi connectivity index (χ0v) is 16.4. The number of rotatable bonds is 7. The standard InChI is InChI=1S/C17H36N2OS/c1-16(2,3)12-19(9)15(20)10-14(11-18(7)8)21-13-17(4,5)6/h14H,10-13H2,1-9H3. The Morgan fingerprint density at radius 2 is 1.52 bits per heavy atom. The van der Waals surface area contributed by atoms with Crippen LogP contribution in [0.1, 0.15) is 48.0 Å². The fourth-order valence-electron chi connectivity index (χ4n) is 2.10. The molecule has 0 spiro atoms. The van der Waals surface area contributed by atoms with Crippen LogP contribution >= 0.6 is 11.8 Å². The van der Waals surface area contributed by atoms with Crippen LogP contribution in [0.15, 0.2) is 0 Å². The van der Waals surface area contributed by atoms with E-state index < -0.39 is 0 Å². The van der Waals surface area contributed by atoms with Gasteiger partial charge in [0.25, 0.3) is 0 Å². The Labute approximate surface area is 136 Å². The number of carbonyl (C=O) groups is 1. The third-order valence-corrected chi connectivity index (χ3v) is 4.68. The molecule has 3 nitrogen and oxygen atoms in total. The number of hydrogen-bond acceptors (Lipinski definition) is 3. The van der Waals surface area contributed by atoms with Crippen molar-refractivity contribution < 1.29 is 4.79 Å². The molecule has 0 bridgehead atoms. The summed E-state index contributed by atoms with van der Waals surface area (Å²) in [4.78, 5) is 16.5. The van der Waals surface area contributed by atoms with E-state index in [4.69, 9.17) is 0 Å². The number of amides is 1. The van der Waals surface area contributed by atoms with Crippen molar-refractivity contribution in [2.75, 3.05) is 40.0 Å². The second-order valence-electron chi connectivity index (χ2n) is 8.77. The van der Waals surface area contributed by atoms with Crippen molar-refractivity contribution in [2.24, 2.45) is 10.8 Å².